The lowest BCUT2D eigenvalue weighted by atomic mass is 10.1. The zero-order chi connectivity index (χ0) is 23.2. The van der Waals surface area contributed by atoms with Crippen molar-refractivity contribution in [2.24, 2.45) is 0 Å². The SMILES string of the molecule is O=C(NCCNc1ccccc1[N+](=O)[O-])c1nn(Cc2ccccc2)c(=O)c2ccccc12. The Hall–Kier alpha value is -4.53. The van der Waals surface area contributed by atoms with Crippen molar-refractivity contribution in [2.75, 3.05) is 18.4 Å². The van der Waals surface area contributed by atoms with Crippen molar-refractivity contribution in [3.05, 3.63) is 111 Å². The highest BCUT2D eigenvalue weighted by atomic mass is 16.6. The Morgan fingerprint density at radius 1 is 0.909 bits per heavy atom. The van der Waals surface area contributed by atoms with E-state index in [2.05, 4.69) is 15.7 Å². The van der Waals surface area contributed by atoms with Crippen LogP contribution in [0, 0.1) is 10.1 Å². The molecular weight excluding hydrogens is 422 g/mol. The molecule has 0 unspecified atom stereocenters. The van der Waals surface area contributed by atoms with Crippen LogP contribution in [0.25, 0.3) is 10.8 Å². The summed E-state index contributed by atoms with van der Waals surface area (Å²) < 4.78 is 1.29. The third-order valence-electron chi connectivity index (χ3n) is 5.08. The number of nitrogens with zero attached hydrogens (tertiary/aromatic N) is 3. The molecule has 166 valence electrons. The first-order chi connectivity index (χ1) is 16.0. The molecule has 0 aliphatic heterocycles. The van der Waals surface area contributed by atoms with Crippen molar-refractivity contribution in [3.63, 3.8) is 0 Å². The number of anilines is 1. The van der Waals surface area contributed by atoms with E-state index < -0.39 is 10.8 Å². The zero-order valence-corrected chi connectivity index (χ0v) is 17.6. The maximum absolute atomic E-state index is 12.9. The van der Waals surface area contributed by atoms with Crippen LogP contribution in [-0.2, 0) is 6.54 Å². The van der Waals surface area contributed by atoms with Gasteiger partial charge in [-0.05, 0) is 17.7 Å². The number of carbonyl (C=O) groups excluding carboxylic acids is 1. The van der Waals surface area contributed by atoms with E-state index in [1.165, 1.54) is 10.7 Å². The average Bonchev–Trinajstić information content (AvgIpc) is 2.84. The second-order valence-corrected chi connectivity index (χ2v) is 7.30. The lowest BCUT2D eigenvalue weighted by Gasteiger charge is -2.12. The molecule has 0 fully saturated rings. The first kappa shape index (κ1) is 21.7. The molecule has 0 aliphatic rings. The van der Waals surface area contributed by atoms with Crippen molar-refractivity contribution >= 4 is 28.1 Å². The molecule has 2 N–H and O–H groups in total. The standard InChI is InChI=1S/C24H21N5O4/c30-23(26-15-14-25-20-12-6-7-13-21(20)29(32)33)22-18-10-4-5-11-19(18)24(31)28(27-22)16-17-8-2-1-3-9-17/h1-13,25H,14-16H2,(H,26,30). The van der Waals surface area contributed by atoms with E-state index in [9.17, 15) is 19.7 Å². The van der Waals surface area contributed by atoms with E-state index in [1.807, 2.05) is 30.3 Å². The summed E-state index contributed by atoms with van der Waals surface area (Å²) >= 11 is 0. The average molecular weight is 443 g/mol. The number of benzene rings is 3. The monoisotopic (exact) mass is 443 g/mol. The van der Waals surface area contributed by atoms with Crippen molar-refractivity contribution in [1.29, 1.82) is 0 Å². The number of aromatic nitrogens is 2. The molecular formula is C24H21N5O4. The Bertz CT molecular complexity index is 1370. The van der Waals surface area contributed by atoms with E-state index in [0.717, 1.165) is 5.56 Å². The van der Waals surface area contributed by atoms with E-state index >= 15 is 0 Å². The fourth-order valence-corrected chi connectivity index (χ4v) is 3.51. The number of amides is 1. The molecule has 0 bridgehead atoms. The molecule has 4 rings (SSSR count). The summed E-state index contributed by atoms with van der Waals surface area (Å²) in [5, 5.41) is 22.1. The summed E-state index contributed by atoms with van der Waals surface area (Å²) in [4.78, 5) is 36.5. The normalized spacial score (nSPS) is 10.7. The quantitative estimate of drug-likeness (QED) is 0.245. The number of nitrogens with one attached hydrogen (secondary N) is 2. The number of rotatable bonds is 8. The highest BCUT2D eigenvalue weighted by Gasteiger charge is 2.17. The Kier molecular flexibility index (Phi) is 6.40. The topological polar surface area (TPSA) is 119 Å². The van der Waals surface area contributed by atoms with Crippen LogP contribution >= 0.6 is 0 Å². The van der Waals surface area contributed by atoms with Crippen LogP contribution in [0.2, 0.25) is 0 Å². The number of nitro benzene ring substituents is 1. The van der Waals surface area contributed by atoms with Crippen LogP contribution in [0.1, 0.15) is 16.1 Å². The van der Waals surface area contributed by atoms with Gasteiger partial charge in [0.15, 0.2) is 5.69 Å². The summed E-state index contributed by atoms with van der Waals surface area (Å²) in [5.41, 5.74) is 1.10. The van der Waals surface area contributed by atoms with Crippen LogP contribution in [0.3, 0.4) is 0 Å². The number of fused-ring (bicyclic) bond motifs is 1. The van der Waals surface area contributed by atoms with Crippen LogP contribution in [0.4, 0.5) is 11.4 Å². The molecule has 0 aliphatic carbocycles. The molecule has 9 heteroatoms. The summed E-state index contributed by atoms with van der Waals surface area (Å²) in [6.07, 6.45) is 0. The Balaban J connectivity index is 1.52. The molecule has 0 atom stereocenters. The van der Waals surface area contributed by atoms with Crippen LogP contribution in [-0.4, -0.2) is 33.7 Å². The molecule has 4 aromatic rings. The van der Waals surface area contributed by atoms with Gasteiger partial charge in [-0.1, -0.05) is 60.7 Å². The van der Waals surface area contributed by atoms with Gasteiger partial charge in [0.05, 0.1) is 16.9 Å². The maximum atomic E-state index is 12.9. The Morgan fingerprint density at radius 2 is 1.58 bits per heavy atom. The summed E-state index contributed by atoms with van der Waals surface area (Å²) in [6, 6.07) is 22.6. The molecule has 1 amide bonds. The molecule has 0 saturated heterocycles. The van der Waals surface area contributed by atoms with Gasteiger partial charge in [0.25, 0.3) is 17.2 Å². The Labute approximate surface area is 188 Å². The number of para-hydroxylation sites is 2. The van der Waals surface area contributed by atoms with Gasteiger partial charge in [-0.25, -0.2) is 4.68 Å². The molecule has 33 heavy (non-hydrogen) atoms. The number of hydrogen-bond donors (Lipinski definition) is 2. The third-order valence-corrected chi connectivity index (χ3v) is 5.08. The van der Waals surface area contributed by atoms with Gasteiger partial charge in [-0.3, -0.25) is 19.7 Å². The van der Waals surface area contributed by atoms with E-state index in [0.29, 0.717) is 16.5 Å². The summed E-state index contributed by atoms with van der Waals surface area (Å²) in [7, 11) is 0. The maximum Gasteiger partial charge on any atom is 0.292 e. The van der Waals surface area contributed by atoms with E-state index in [-0.39, 0.29) is 36.6 Å². The van der Waals surface area contributed by atoms with Gasteiger partial charge in [-0.15, -0.1) is 0 Å². The molecule has 0 spiro atoms. The van der Waals surface area contributed by atoms with Gasteiger partial charge in [0, 0.05) is 24.5 Å². The van der Waals surface area contributed by atoms with Crippen molar-refractivity contribution < 1.29 is 9.72 Å². The van der Waals surface area contributed by atoms with Gasteiger partial charge < -0.3 is 10.6 Å². The van der Waals surface area contributed by atoms with Crippen molar-refractivity contribution in [3.8, 4) is 0 Å². The molecule has 3 aromatic carbocycles. The van der Waals surface area contributed by atoms with Crippen LogP contribution in [0.15, 0.2) is 83.7 Å². The molecule has 9 nitrogen and oxygen atoms in total. The Morgan fingerprint density at radius 3 is 2.33 bits per heavy atom. The minimum Gasteiger partial charge on any atom is -0.378 e. The second-order valence-electron chi connectivity index (χ2n) is 7.30. The van der Waals surface area contributed by atoms with Crippen LogP contribution in [0.5, 0.6) is 0 Å². The third kappa shape index (κ3) is 4.87. The van der Waals surface area contributed by atoms with Gasteiger partial charge in [0.2, 0.25) is 0 Å². The van der Waals surface area contributed by atoms with Gasteiger partial charge in [0.1, 0.15) is 5.69 Å². The first-order valence-corrected chi connectivity index (χ1v) is 10.3. The van der Waals surface area contributed by atoms with Crippen molar-refractivity contribution in [1.82, 2.24) is 15.1 Å². The van der Waals surface area contributed by atoms with E-state index in [4.69, 9.17) is 0 Å². The molecule has 0 saturated carbocycles. The first-order valence-electron chi connectivity index (χ1n) is 10.3. The smallest absolute Gasteiger partial charge is 0.292 e. The lowest BCUT2D eigenvalue weighted by molar-refractivity contribution is -0.384. The highest BCUT2D eigenvalue weighted by Crippen LogP contribution is 2.22. The highest BCUT2D eigenvalue weighted by molar-refractivity contribution is 6.04. The minimum atomic E-state index is -0.465. The predicted octanol–water partition coefficient (Wildman–Crippen LogP) is 3.19. The van der Waals surface area contributed by atoms with E-state index in [1.54, 1.807) is 42.5 Å². The lowest BCUT2D eigenvalue weighted by Crippen LogP contribution is -2.33. The fourth-order valence-electron chi connectivity index (χ4n) is 3.51. The minimum absolute atomic E-state index is 0.0375. The summed E-state index contributed by atoms with van der Waals surface area (Å²) in [5.74, 6) is -0.433. The number of nitro groups is 1. The summed E-state index contributed by atoms with van der Waals surface area (Å²) in [6.45, 7) is 0.723. The number of carbonyl (C=O) groups is 1. The fraction of sp³-hybridized carbons (Fsp3) is 0.125. The molecule has 1 heterocycles. The molecule has 0 radical (unpaired) electrons. The van der Waals surface area contributed by atoms with Gasteiger partial charge >= 0.3 is 0 Å². The largest absolute Gasteiger partial charge is 0.378 e. The van der Waals surface area contributed by atoms with Crippen molar-refractivity contribution in [2.45, 2.75) is 6.54 Å². The molecule has 1 aromatic heterocycles. The van der Waals surface area contributed by atoms with Gasteiger partial charge in [-0.2, -0.15) is 5.10 Å². The zero-order valence-electron chi connectivity index (χ0n) is 17.6. The van der Waals surface area contributed by atoms with Crippen LogP contribution < -0.4 is 16.2 Å². The second kappa shape index (κ2) is 9.73. The predicted molar refractivity (Wildman–Crippen MR) is 125 cm³/mol. The number of hydrogen-bond acceptors (Lipinski definition) is 6.